The average molecular weight is 354 g/mol. The number of anilines is 1. The Morgan fingerprint density at radius 2 is 2.00 bits per heavy atom. The number of nitro benzene ring substituents is 1. The number of ether oxygens (including phenoxy) is 1. The molecule has 7 nitrogen and oxygen atoms in total. The minimum absolute atomic E-state index is 0.0409. The summed E-state index contributed by atoms with van der Waals surface area (Å²) in [7, 11) is -2.41. The highest BCUT2D eigenvalue weighted by Crippen LogP contribution is 2.32. The predicted molar refractivity (Wildman–Crippen MR) is 86.5 cm³/mol. The second-order valence-corrected chi connectivity index (χ2v) is 6.99. The number of benzene rings is 2. The van der Waals surface area contributed by atoms with Crippen LogP contribution in [-0.4, -0.2) is 26.7 Å². The standard InChI is InChI=1S/C15H15FN2O5S/c1-23-13-7-6-10(8-11(13)16)9-17-12-4-3-5-14(24(2,21)22)15(12)18(19)20/h3-8,17H,9H2,1-2H3. The number of nitrogens with one attached hydrogen (secondary N) is 1. The van der Waals surface area contributed by atoms with E-state index in [-0.39, 0.29) is 22.9 Å². The van der Waals surface area contributed by atoms with Gasteiger partial charge in [-0.2, -0.15) is 0 Å². The van der Waals surface area contributed by atoms with Crippen molar-refractivity contribution in [3.05, 3.63) is 57.9 Å². The van der Waals surface area contributed by atoms with Crippen LogP contribution in [0.15, 0.2) is 41.3 Å². The van der Waals surface area contributed by atoms with Crippen LogP contribution in [-0.2, 0) is 16.4 Å². The van der Waals surface area contributed by atoms with E-state index in [1.165, 1.54) is 37.4 Å². The molecule has 0 unspecified atom stereocenters. The van der Waals surface area contributed by atoms with Crippen molar-refractivity contribution in [3.8, 4) is 5.75 Å². The van der Waals surface area contributed by atoms with Gasteiger partial charge in [0.25, 0.3) is 0 Å². The van der Waals surface area contributed by atoms with Crippen LogP contribution < -0.4 is 10.1 Å². The van der Waals surface area contributed by atoms with E-state index in [1.807, 2.05) is 0 Å². The topological polar surface area (TPSA) is 98.5 Å². The Balaban J connectivity index is 2.33. The number of halogens is 1. The molecule has 0 fully saturated rings. The second-order valence-electron chi connectivity index (χ2n) is 5.00. The van der Waals surface area contributed by atoms with Gasteiger partial charge >= 0.3 is 5.69 Å². The van der Waals surface area contributed by atoms with Gasteiger partial charge in [0, 0.05) is 12.8 Å². The minimum Gasteiger partial charge on any atom is -0.494 e. The van der Waals surface area contributed by atoms with Gasteiger partial charge in [-0.1, -0.05) is 12.1 Å². The van der Waals surface area contributed by atoms with Crippen LogP contribution in [0.2, 0.25) is 0 Å². The van der Waals surface area contributed by atoms with Gasteiger partial charge in [0.05, 0.1) is 12.0 Å². The quantitative estimate of drug-likeness (QED) is 0.633. The second kappa shape index (κ2) is 6.83. The van der Waals surface area contributed by atoms with Crippen LogP contribution in [0, 0.1) is 15.9 Å². The van der Waals surface area contributed by atoms with Crippen molar-refractivity contribution in [1.82, 2.24) is 0 Å². The van der Waals surface area contributed by atoms with E-state index in [4.69, 9.17) is 4.74 Å². The molecule has 0 saturated carbocycles. The van der Waals surface area contributed by atoms with Crippen LogP contribution in [0.3, 0.4) is 0 Å². The zero-order valence-corrected chi connectivity index (χ0v) is 13.8. The third-order valence-corrected chi connectivity index (χ3v) is 4.41. The molecule has 0 bridgehead atoms. The Morgan fingerprint density at radius 3 is 2.54 bits per heavy atom. The number of nitrogens with zero attached hydrogens (tertiary/aromatic N) is 1. The van der Waals surface area contributed by atoms with Crippen molar-refractivity contribution in [3.63, 3.8) is 0 Å². The molecule has 0 radical (unpaired) electrons. The number of nitro groups is 1. The predicted octanol–water partition coefficient (Wildman–Crippen LogP) is 2.76. The van der Waals surface area contributed by atoms with Gasteiger partial charge in [0.2, 0.25) is 0 Å². The highest BCUT2D eigenvalue weighted by atomic mass is 32.2. The largest absolute Gasteiger partial charge is 0.494 e. The molecule has 0 aliphatic heterocycles. The smallest absolute Gasteiger partial charge is 0.310 e. The van der Waals surface area contributed by atoms with Crippen LogP contribution in [0.25, 0.3) is 0 Å². The van der Waals surface area contributed by atoms with Crippen molar-refractivity contribution in [2.24, 2.45) is 0 Å². The van der Waals surface area contributed by atoms with E-state index in [9.17, 15) is 22.9 Å². The molecule has 128 valence electrons. The zero-order valence-electron chi connectivity index (χ0n) is 12.9. The summed E-state index contributed by atoms with van der Waals surface area (Å²) in [6.07, 6.45) is 0.901. The van der Waals surface area contributed by atoms with Gasteiger partial charge in [0.1, 0.15) is 10.6 Å². The number of hydrogen-bond acceptors (Lipinski definition) is 6. The Labute approximate surface area is 138 Å². The first-order valence-electron chi connectivity index (χ1n) is 6.77. The lowest BCUT2D eigenvalue weighted by molar-refractivity contribution is -0.386. The molecule has 0 heterocycles. The van der Waals surface area contributed by atoms with Gasteiger partial charge in [-0.3, -0.25) is 10.1 Å². The van der Waals surface area contributed by atoms with Crippen molar-refractivity contribution >= 4 is 21.2 Å². The molecule has 1 N–H and O–H groups in total. The van der Waals surface area contributed by atoms with Gasteiger partial charge in [0.15, 0.2) is 21.4 Å². The number of sulfone groups is 1. The molecule has 2 aromatic carbocycles. The van der Waals surface area contributed by atoms with Crippen molar-refractivity contribution in [1.29, 1.82) is 0 Å². The van der Waals surface area contributed by atoms with Crippen LogP contribution in [0.1, 0.15) is 5.56 Å². The van der Waals surface area contributed by atoms with Crippen molar-refractivity contribution in [2.45, 2.75) is 11.4 Å². The lowest BCUT2D eigenvalue weighted by Gasteiger charge is -2.10. The first-order valence-corrected chi connectivity index (χ1v) is 8.67. The molecule has 2 aromatic rings. The summed E-state index contributed by atoms with van der Waals surface area (Å²) >= 11 is 0. The van der Waals surface area contributed by atoms with Gasteiger partial charge in [-0.05, 0) is 29.8 Å². The maximum atomic E-state index is 13.7. The van der Waals surface area contributed by atoms with Crippen LogP contribution in [0.4, 0.5) is 15.8 Å². The fraction of sp³-hybridized carbons (Fsp3) is 0.200. The molecule has 2 rings (SSSR count). The molecule has 24 heavy (non-hydrogen) atoms. The minimum atomic E-state index is -3.76. The normalized spacial score (nSPS) is 11.1. The summed E-state index contributed by atoms with van der Waals surface area (Å²) < 4.78 is 41.9. The fourth-order valence-corrected chi connectivity index (χ4v) is 3.03. The molecule has 9 heteroatoms. The van der Waals surface area contributed by atoms with Gasteiger partial charge in [-0.15, -0.1) is 0 Å². The van der Waals surface area contributed by atoms with Crippen molar-refractivity contribution < 1.29 is 22.5 Å². The first kappa shape index (κ1) is 17.7. The number of para-hydroxylation sites is 1. The molecule has 0 aromatic heterocycles. The number of hydrogen-bond donors (Lipinski definition) is 1. The third kappa shape index (κ3) is 3.80. The molecule has 0 spiro atoms. The molecule has 0 amide bonds. The molecular weight excluding hydrogens is 339 g/mol. The summed E-state index contributed by atoms with van der Waals surface area (Å²) in [5, 5.41) is 14.0. The third-order valence-electron chi connectivity index (χ3n) is 3.28. The van der Waals surface area contributed by atoms with Crippen LogP contribution >= 0.6 is 0 Å². The highest BCUT2D eigenvalue weighted by Gasteiger charge is 2.25. The maximum Gasteiger partial charge on any atom is 0.310 e. The van der Waals surface area contributed by atoms with E-state index in [2.05, 4.69) is 5.32 Å². The molecule has 0 saturated heterocycles. The van der Waals surface area contributed by atoms with E-state index in [1.54, 1.807) is 6.07 Å². The summed E-state index contributed by atoms with van der Waals surface area (Å²) in [6, 6.07) is 8.24. The van der Waals surface area contributed by atoms with E-state index in [0.29, 0.717) is 5.56 Å². The Morgan fingerprint density at radius 1 is 1.29 bits per heavy atom. The van der Waals surface area contributed by atoms with E-state index >= 15 is 0 Å². The van der Waals surface area contributed by atoms with E-state index in [0.717, 1.165) is 6.26 Å². The summed E-state index contributed by atoms with van der Waals surface area (Å²) in [5.74, 6) is -0.472. The number of methoxy groups -OCH3 is 1. The molecule has 0 atom stereocenters. The lowest BCUT2D eigenvalue weighted by atomic mass is 10.2. The summed E-state index contributed by atoms with van der Waals surface area (Å²) in [4.78, 5) is 10.1. The Bertz CT molecular complexity index is 883. The van der Waals surface area contributed by atoms with E-state index < -0.39 is 26.3 Å². The summed E-state index contributed by atoms with van der Waals surface area (Å²) in [6.45, 7) is 0.0783. The molecule has 0 aliphatic rings. The van der Waals surface area contributed by atoms with Gasteiger partial charge < -0.3 is 10.1 Å². The van der Waals surface area contributed by atoms with Crippen LogP contribution in [0.5, 0.6) is 5.75 Å². The molecular formula is C15H15FN2O5S. The lowest BCUT2D eigenvalue weighted by Crippen LogP contribution is -2.08. The van der Waals surface area contributed by atoms with Gasteiger partial charge in [-0.25, -0.2) is 12.8 Å². The van der Waals surface area contributed by atoms with Crippen molar-refractivity contribution in [2.75, 3.05) is 18.7 Å². The maximum absolute atomic E-state index is 13.7. The SMILES string of the molecule is COc1ccc(CNc2cccc(S(C)(=O)=O)c2[N+](=O)[O-])cc1F. The Hall–Kier alpha value is -2.68. The first-order chi connectivity index (χ1) is 11.2. The fourth-order valence-electron chi connectivity index (χ4n) is 2.17. The highest BCUT2D eigenvalue weighted by molar-refractivity contribution is 7.90. The monoisotopic (exact) mass is 354 g/mol. The molecule has 0 aliphatic carbocycles. The Kier molecular flexibility index (Phi) is 5.03. The zero-order chi connectivity index (χ0) is 17.9. The average Bonchev–Trinajstić information content (AvgIpc) is 2.51. The number of rotatable bonds is 6. The summed E-state index contributed by atoms with van der Waals surface area (Å²) in [5.41, 5.74) is 0.0282.